The number of rotatable bonds is 12. The molecule has 0 aromatic heterocycles. The van der Waals surface area contributed by atoms with Crippen LogP contribution in [-0.2, 0) is 16.0 Å². The van der Waals surface area contributed by atoms with E-state index in [9.17, 15) is 19.8 Å². The Bertz CT molecular complexity index is 1120. The molecule has 8 nitrogen and oxygen atoms in total. The van der Waals surface area contributed by atoms with Crippen LogP contribution >= 0.6 is 22.6 Å². The summed E-state index contributed by atoms with van der Waals surface area (Å²) in [6.45, 7) is 4.21. The molecule has 9 heteroatoms. The van der Waals surface area contributed by atoms with E-state index in [2.05, 4.69) is 27.9 Å². The third kappa shape index (κ3) is 7.94. The highest BCUT2D eigenvalue weighted by Gasteiger charge is 2.40. The Morgan fingerprint density at radius 1 is 1.13 bits per heavy atom. The fourth-order valence-electron chi connectivity index (χ4n) is 4.56. The number of nitrogens with zero attached hydrogens (tertiary/aromatic N) is 1. The first kappa shape index (κ1) is 29.9. The number of halogens is 1. The van der Waals surface area contributed by atoms with E-state index < -0.39 is 18.2 Å². The van der Waals surface area contributed by atoms with Crippen LogP contribution in [0.3, 0.4) is 0 Å². The first-order valence-corrected chi connectivity index (χ1v) is 13.9. The third-order valence-corrected chi connectivity index (χ3v) is 7.32. The topological polar surface area (TPSA) is 108 Å². The lowest BCUT2D eigenvalue weighted by Crippen LogP contribution is -2.55. The zero-order chi connectivity index (χ0) is 27.7. The molecule has 3 N–H and O–H groups in total. The Kier molecular flexibility index (Phi) is 11.4. The number of aliphatic hydroxyl groups excluding tert-OH is 2. The van der Waals surface area contributed by atoms with Gasteiger partial charge in [-0.1, -0.05) is 44.2 Å². The zero-order valence-corrected chi connectivity index (χ0v) is 24.3. The van der Waals surface area contributed by atoms with E-state index >= 15 is 0 Å². The Balaban J connectivity index is 1.95. The summed E-state index contributed by atoms with van der Waals surface area (Å²) in [7, 11) is 1.61. The van der Waals surface area contributed by atoms with Crippen LogP contribution in [0.2, 0.25) is 0 Å². The molecule has 0 heterocycles. The van der Waals surface area contributed by atoms with Gasteiger partial charge in [-0.15, -0.1) is 0 Å². The smallest absolute Gasteiger partial charge is 0.247 e. The average Bonchev–Trinajstić information content (AvgIpc) is 2.90. The van der Waals surface area contributed by atoms with Crippen molar-refractivity contribution in [3.05, 3.63) is 69.3 Å². The Morgan fingerprint density at radius 3 is 2.47 bits per heavy atom. The highest BCUT2D eigenvalue weighted by Crippen LogP contribution is 2.30. The minimum atomic E-state index is -1.06. The minimum absolute atomic E-state index is 0.0935. The standard InChI is InChI=1S/C29H37IN2O6/c1-19(2)16-27(34)32(14-12-20-8-4-6-10-24(20)37-3)23-17-21(29(36)31-13-15-33)18-26(28(23)35)38-25-11-7-5-9-22(25)30/h4-11,18-19,23,26,28,33,35H,12-17H2,1-3H3,(H,31,36). The molecule has 0 fully saturated rings. The van der Waals surface area contributed by atoms with Gasteiger partial charge in [-0.3, -0.25) is 9.59 Å². The predicted molar refractivity (Wildman–Crippen MR) is 154 cm³/mol. The van der Waals surface area contributed by atoms with Crippen LogP contribution < -0.4 is 14.8 Å². The molecule has 0 saturated carbocycles. The van der Waals surface area contributed by atoms with Gasteiger partial charge in [0.25, 0.3) is 0 Å². The molecule has 206 valence electrons. The summed E-state index contributed by atoms with van der Waals surface area (Å²) in [5.41, 5.74) is 1.36. The third-order valence-electron chi connectivity index (χ3n) is 6.43. The highest BCUT2D eigenvalue weighted by atomic mass is 127. The summed E-state index contributed by atoms with van der Waals surface area (Å²) >= 11 is 2.16. The number of carbonyl (C=O) groups is 2. The van der Waals surface area contributed by atoms with Crippen LogP contribution in [0.25, 0.3) is 0 Å². The van der Waals surface area contributed by atoms with E-state index in [4.69, 9.17) is 9.47 Å². The lowest BCUT2D eigenvalue weighted by Gasteiger charge is -2.41. The second-order valence-corrected chi connectivity index (χ2v) is 10.9. The highest BCUT2D eigenvalue weighted by molar-refractivity contribution is 14.1. The van der Waals surface area contributed by atoms with E-state index in [1.165, 1.54) is 0 Å². The number of hydrogen-bond donors (Lipinski definition) is 3. The maximum Gasteiger partial charge on any atom is 0.247 e. The van der Waals surface area contributed by atoms with E-state index in [0.717, 1.165) is 14.9 Å². The van der Waals surface area contributed by atoms with Gasteiger partial charge >= 0.3 is 0 Å². The zero-order valence-electron chi connectivity index (χ0n) is 22.1. The number of aliphatic hydroxyl groups is 2. The van der Waals surface area contributed by atoms with Crippen molar-refractivity contribution >= 4 is 34.4 Å². The number of benzene rings is 2. The minimum Gasteiger partial charge on any atom is -0.496 e. The molecule has 2 aromatic carbocycles. The molecule has 0 saturated heterocycles. The molecule has 0 spiro atoms. The van der Waals surface area contributed by atoms with Crippen molar-refractivity contribution in [3.63, 3.8) is 0 Å². The lowest BCUT2D eigenvalue weighted by molar-refractivity contribution is -0.139. The number of amides is 2. The van der Waals surface area contributed by atoms with Crippen LogP contribution in [-0.4, -0.2) is 72.0 Å². The second-order valence-electron chi connectivity index (χ2n) is 9.69. The van der Waals surface area contributed by atoms with E-state index in [1.807, 2.05) is 56.3 Å². The first-order chi connectivity index (χ1) is 18.2. The van der Waals surface area contributed by atoms with Crippen molar-refractivity contribution < 1.29 is 29.3 Å². The van der Waals surface area contributed by atoms with Crippen molar-refractivity contribution in [2.24, 2.45) is 5.92 Å². The molecule has 0 aliphatic heterocycles. The maximum absolute atomic E-state index is 13.5. The number of para-hydroxylation sites is 2. The quantitative estimate of drug-likeness (QED) is 0.309. The SMILES string of the molecule is COc1ccccc1CCN(C(=O)CC(C)C)C1CC(C(=O)NCCO)=CC(Oc2ccccc2I)C1O. The van der Waals surface area contributed by atoms with Crippen LogP contribution in [0.15, 0.2) is 60.2 Å². The average molecular weight is 637 g/mol. The number of hydrogen-bond acceptors (Lipinski definition) is 6. The van der Waals surface area contributed by atoms with Gasteiger partial charge in [0.15, 0.2) is 0 Å². The van der Waals surface area contributed by atoms with Crippen LogP contribution in [0.1, 0.15) is 32.3 Å². The summed E-state index contributed by atoms with van der Waals surface area (Å²) in [5, 5.41) is 23.4. The number of methoxy groups -OCH3 is 1. The second kappa shape index (κ2) is 14.5. The van der Waals surface area contributed by atoms with Crippen LogP contribution in [0, 0.1) is 9.49 Å². The van der Waals surface area contributed by atoms with Crippen LogP contribution in [0.5, 0.6) is 11.5 Å². The van der Waals surface area contributed by atoms with Crippen molar-refractivity contribution in [1.82, 2.24) is 10.2 Å². The molecular formula is C29H37IN2O6. The molecule has 3 unspecified atom stereocenters. The summed E-state index contributed by atoms with van der Waals surface area (Å²) in [5.74, 6) is 0.991. The Morgan fingerprint density at radius 2 is 1.82 bits per heavy atom. The lowest BCUT2D eigenvalue weighted by atomic mass is 9.87. The van der Waals surface area contributed by atoms with Gasteiger partial charge in [0, 0.05) is 31.5 Å². The monoisotopic (exact) mass is 636 g/mol. The maximum atomic E-state index is 13.5. The fraction of sp³-hybridized carbons (Fsp3) is 0.448. The van der Waals surface area contributed by atoms with Gasteiger partial charge < -0.3 is 29.9 Å². The molecule has 1 aliphatic rings. The van der Waals surface area contributed by atoms with E-state index in [1.54, 1.807) is 24.2 Å². The number of carbonyl (C=O) groups excluding carboxylic acids is 2. The number of ether oxygens (including phenoxy) is 2. The Labute approximate surface area is 238 Å². The van der Waals surface area contributed by atoms with E-state index in [-0.39, 0.29) is 37.3 Å². The predicted octanol–water partition coefficient (Wildman–Crippen LogP) is 3.33. The summed E-state index contributed by atoms with van der Waals surface area (Å²) in [4.78, 5) is 28.2. The number of nitrogens with one attached hydrogen (secondary N) is 1. The largest absolute Gasteiger partial charge is 0.496 e. The van der Waals surface area contributed by atoms with Gasteiger partial charge in [0.05, 0.1) is 23.3 Å². The first-order valence-electron chi connectivity index (χ1n) is 12.9. The van der Waals surface area contributed by atoms with Crippen molar-refractivity contribution in [3.8, 4) is 11.5 Å². The van der Waals surface area contributed by atoms with Gasteiger partial charge in [0.2, 0.25) is 11.8 Å². The molecule has 0 radical (unpaired) electrons. The summed E-state index contributed by atoms with van der Waals surface area (Å²) < 4.78 is 12.6. The molecule has 38 heavy (non-hydrogen) atoms. The van der Waals surface area contributed by atoms with Crippen molar-refractivity contribution in [2.45, 2.75) is 51.4 Å². The summed E-state index contributed by atoms with van der Waals surface area (Å²) in [6, 6.07) is 14.4. The van der Waals surface area contributed by atoms with Gasteiger partial charge in [-0.25, -0.2) is 0 Å². The molecule has 3 rings (SSSR count). The molecule has 1 aliphatic carbocycles. The molecule has 3 atom stereocenters. The van der Waals surface area contributed by atoms with Gasteiger partial charge in [0.1, 0.15) is 23.7 Å². The fourth-order valence-corrected chi connectivity index (χ4v) is 5.07. The molecule has 2 amide bonds. The molecule has 0 bridgehead atoms. The summed E-state index contributed by atoms with van der Waals surface area (Å²) in [6.07, 6.45) is 0.721. The van der Waals surface area contributed by atoms with Crippen LogP contribution in [0.4, 0.5) is 0 Å². The van der Waals surface area contributed by atoms with Crippen molar-refractivity contribution in [2.75, 3.05) is 26.8 Å². The molecule has 2 aromatic rings. The van der Waals surface area contributed by atoms with E-state index in [0.29, 0.717) is 30.7 Å². The van der Waals surface area contributed by atoms with Crippen molar-refractivity contribution in [1.29, 1.82) is 0 Å². The van der Waals surface area contributed by atoms with Gasteiger partial charge in [-0.05, 0) is 64.8 Å². The Hall–Kier alpha value is -2.63. The van der Waals surface area contributed by atoms with Gasteiger partial charge in [-0.2, -0.15) is 0 Å². The normalized spacial score (nSPS) is 19.0. The molecular weight excluding hydrogens is 599 g/mol.